The lowest BCUT2D eigenvalue weighted by Gasteiger charge is -2.28. The van der Waals surface area contributed by atoms with Crippen LogP contribution in [0.2, 0.25) is 0 Å². The van der Waals surface area contributed by atoms with E-state index in [1.165, 1.54) is 12.5 Å². The lowest BCUT2D eigenvalue weighted by Crippen LogP contribution is -2.62. The van der Waals surface area contributed by atoms with Crippen LogP contribution in [0.1, 0.15) is 32.4 Å². The van der Waals surface area contributed by atoms with Crippen molar-refractivity contribution in [1.29, 1.82) is 0 Å². The highest BCUT2D eigenvalue weighted by Gasteiger charge is 2.35. The van der Waals surface area contributed by atoms with Gasteiger partial charge in [-0.05, 0) is 20.3 Å². The predicted molar refractivity (Wildman–Crippen MR) is 133 cm³/mol. The maximum atomic E-state index is 13.0. The van der Waals surface area contributed by atoms with Gasteiger partial charge in [-0.2, -0.15) is 0 Å². The number of nitrogens with zero attached hydrogens (tertiary/aromatic N) is 1. The summed E-state index contributed by atoms with van der Waals surface area (Å²) in [6.07, 6.45) is -1.33. The van der Waals surface area contributed by atoms with Gasteiger partial charge in [0.1, 0.15) is 24.2 Å². The summed E-state index contributed by atoms with van der Waals surface area (Å²) in [6.45, 7) is 1.22. The number of carboxylic acids is 2. The summed E-state index contributed by atoms with van der Waals surface area (Å²) < 4.78 is 0. The number of aliphatic hydroxyl groups is 3. The van der Waals surface area contributed by atoms with Gasteiger partial charge >= 0.3 is 11.9 Å². The van der Waals surface area contributed by atoms with Crippen molar-refractivity contribution >= 4 is 35.6 Å². The van der Waals surface area contributed by atoms with Crippen LogP contribution in [0.15, 0.2) is 12.5 Å². The Hall–Kier alpha value is -4.13. The number of hydrogen-bond donors (Lipinski definition) is 11. The molecule has 1 heterocycles. The number of rotatable bonds is 17. The second-order valence-electron chi connectivity index (χ2n) is 8.92. The van der Waals surface area contributed by atoms with Crippen LogP contribution in [-0.2, 0) is 35.2 Å². The summed E-state index contributed by atoms with van der Waals surface area (Å²) in [7, 11) is 0. The Balaban J connectivity index is 3.02. The predicted octanol–water partition coefficient (Wildman–Crippen LogP) is -5.08. The minimum atomic E-state index is -1.77. The lowest BCUT2D eigenvalue weighted by atomic mass is 10.1. The lowest BCUT2D eigenvalue weighted by molar-refractivity contribution is -0.144. The minimum Gasteiger partial charge on any atom is -0.481 e. The average Bonchev–Trinajstić information content (AvgIpc) is 3.38. The van der Waals surface area contributed by atoms with Crippen LogP contribution in [0.3, 0.4) is 0 Å². The van der Waals surface area contributed by atoms with E-state index in [1.807, 2.05) is 5.32 Å². The molecule has 0 saturated carbocycles. The molecule has 0 aromatic carbocycles. The highest BCUT2D eigenvalue weighted by molar-refractivity contribution is 5.96. The normalized spacial score (nSPS) is 16.2. The number of hydrogen-bond acceptors (Lipinski definition) is 11. The first-order valence-electron chi connectivity index (χ1n) is 12.0. The standard InChI is InChI=1S/C22H35N7O11/c1-9(31)16(20(37)27-14(7-30)22(39)40)29-21(38)17(10(2)32)28-19(36)13(3-4-15(33)34)26-18(35)12(23)5-11-6-24-8-25-11/h6,8-10,12-14,16-17,30-32H,3-5,7,23H2,1-2H3,(H,24,25)(H,26,35)(H,27,37)(H,28,36)(H,29,38)(H,33,34)(H,39,40)/t9-,10-,12+,13+,14+,16+,17+/m1/s1. The molecule has 0 aliphatic rings. The number of aliphatic hydroxyl groups excluding tert-OH is 3. The number of aromatic nitrogens is 2. The second-order valence-corrected chi connectivity index (χ2v) is 8.92. The summed E-state index contributed by atoms with van der Waals surface area (Å²) in [5.74, 6) is -7.11. The van der Waals surface area contributed by atoms with E-state index in [4.69, 9.17) is 21.1 Å². The molecule has 18 heteroatoms. The Labute approximate surface area is 227 Å². The van der Waals surface area contributed by atoms with Crippen LogP contribution in [0.25, 0.3) is 0 Å². The molecule has 1 aromatic heterocycles. The molecule has 0 saturated heterocycles. The van der Waals surface area contributed by atoms with E-state index in [2.05, 4.69) is 25.9 Å². The molecule has 0 radical (unpaired) electrons. The molecule has 224 valence electrons. The zero-order valence-corrected chi connectivity index (χ0v) is 21.7. The third kappa shape index (κ3) is 10.9. The van der Waals surface area contributed by atoms with Crippen molar-refractivity contribution in [3.63, 3.8) is 0 Å². The monoisotopic (exact) mass is 573 g/mol. The molecule has 0 aliphatic heterocycles. The number of nitrogens with one attached hydrogen (secondary N) is 5. The summed E-state index contributed by atoms with van der Waals surface area (Å²) in [5.41, 5.74) is 6.38. The van der Waals surface area contributed by atoms with E-state index < -0.39 is 97.4 Å². The first-order valence-corrected chi connectivity index (χ1v) is 12.0. The third-order valence-electron chi connectivity index (χ3n) is 5.53. The Morgan fingerprint density at radius 3 is 1.85 bits per heavy atom. The number of carbonyl (C=O) groups is 6. The fourth-order valence-electron chi connectivity index (χ4n) is 3.30. The van der Waals surface area contributed by atoms with Gasteiger partial charge in [0.25, 0.3) is 0 Å². The SMILES string of the molecule is C[C@@H](O)[C@H](NC(=O)[C@H](CCC(=O)O)NC(=O)[C@@H](N)Cc1cnc[nH]1)C(=O)N[C@H](C(=O)N[C@@H](CO)C(=O)O)[C@@H](C)O. The molecule has 0 aliphatic carbocycles. The zero-order chi connectivity index (χ0) is 30.6. The molecule has 12 N–H and O–H groups in total. The molecule has 18 nitrogen and oxygen atoms in total. The van der Waals surface area contributed by atoms with E-state index in [-0.39, 0.29) is 6.42 Å². The van der Waals surface area contributed by atoms with Gasteiger partial charge in [-0.25, -0.2) is 9.78 Å². The van der Waals surface area contributed by atoms with Gasteiger partial charge in [-0.3, -0.25) is 24.0 Å². The van der Waals surface area contributed by atoms with E-state index in [9.17, 15) is 39.0 Å². The number of amides is 4. The van der Waals surface area contributed by atoms with Crippen molar-refractivity contribution in [2.45, 2.75) is 75.5 Å². The number of aliphatic carboxylic acids is 2. The smallest absolute Gasteiger partial charge is 0.328 e. The third-order valence-corrected chi connectivity index (χ3v) is 5.53. The van der Waals surface area contributed by atoms with E-state index in [0.29, 0.717) is 5.69 Å². The van der Waals surface area contributed by atoms with Crippen molar-refractivity contribution in [1.82, 2.24) is 31.2 Å². The Kier molecular flexibility index (Phi) is 13.6. The quantitative estimate of drug-likeness (QED) is 0.0832. The number of imidazole rings is 1. The second kappa shape index (κ2) is 16.1. The molecule has 0 unspecified atom stereocenters. The molecular weight excluding hydrogens is 538 g/mol. The fraction of sp³-hybridized carbons (Fsp3) is 0.591. The van der Waals surface area contributed by atoms with Crippen molar-refractivity contribution in [3.05, 3.63) is 18.2 Å². The van der Waals surface area contributed by atoms with Gasteiger partial charge < -0.3 is 57.5 Å². The van der Waals surface area contributed by atoms with Gasteiger partial charge in [0.05, 0.1) is 31.2 Å². The highest BCUT2D eigenvalue weighted by Crippen LogP contribution is 2.05. The maximum Gasteiger partial charge on any atom is 0.328 e. The molecule has 7 atom stereocenters. The number of carbonyl (C=O) groups excluding carboxylic acids is 4. The Morgan fingerprint density at radius 2 is 1.40 bits per heavy atom. The van der Waals surface area contributed by atoms with Crippen LogP contribution in [-0.4, -0.2) is 120 Å². The average molecular weight is 574 g/mol. The summed E-state index contributed by atoms with van der Waals surface area (Å²) in [5, 5.41) is 55.7. The maximum absolute atomic E-state index is 13.0. The highest BCUT2D eigenvalue weighted by atomic mass is 16.4. The minimum absolute atomic E-state index is 0.0135. The molecule has 0 spiro atoms. The van der Waals surface area contributed by atoms with Gasteiger partial charge in [0.15, 0.2) is 0 Å². The van der Waals surface area contributed by atoms with Gasteiger partial charge in [0, 0.05) is 24.7 Å². The molecule has 4 amide bonds. The zero-order valence-electron chi connectivity index (χ0n) is 21.7. The molecular formula is C22H35N7O11. The Bertz CT molecular complexity index is 1030. The number of nitrogens with two attached hydrogens (primary N) is 1. The van der Waals surface area contributed by atoms with E-state index >= 15 is 0 Å². The van der Waals surface area contributed by atoms with Crippen molar-refractivity contribution in [2.75, 3.05) is 6.61 Å². The first kappa shape index (κ1) is 33.9. The van der Waals surface area contributed by atoms with Gasteiger partial charge in [0.2, 0.25) is 23.6 Å². The van der Waals surface area contributed by atoms with E-state index in [1.54, 1.807) is 0 Å². The van der Waals surface area contributed by atoms with Crippen LogP contribution < -0.4 is 27.0 Å². The summed E-state index contributed by atoms with van der Waals surface area (Å²) >= 11 is 0. The molecule has 0 fully saturated rings. The molecule has 1 aromatic rings. The number of aromatic amines is 1. The first-order chi connectivity index (χ1) is 18.7. The Morgan fingerprint density at radius 1 is 0.875 bits per heavy atom. The molecule has 40 heavy (non-hydrogen) atoms. The number of H-pyrrole nitrogens is 1. The van der Waals surface area contributed by atoms with Crippen molar-refractivity contribution < 1.29 is 54.3 Å². The topological polar surface area (TPSA) is 306 Å². The van der Waals surface area contributed by atoms with Crippen LogP contribution >= 0.6 is 0 Å². The summed E-state index contributed by atoms with van der Waals surface area (Å²) in [6, 6.07) is -7.92. The molecule has 1 rings (SSSR count). The number of carboxylic acid groups (broad SMARTS) is 2. The summed E-state index contributed by atoms with van der Waals surface area (Å²) in [4.78, 5) is 79.6. The van der Waals surface area contributed by atoms with Gasteiger partial charge in [-0.15, -0.1) is 0 Å². The largest absolute Gasteiger partial charge is 0.481 e. The van der Waals surface area contributed by atoms with Crippen LogP contribution in [0.5, 0.6) is 0 Å². The fourth-order valence-corrected chi connectivity index (χ4v) is 3.30. The van der Waals surface area contributed by atoms with Gasteiger partial charge in [-0.1, -0.05) is 0 Å². The van der Waals surface area contributed by atoms with Crippen LogP contribution in [0, 0.1) is 0 Å². The van der Waals surface area contributed by atoms with Crippen molar-refractivity contribution in [2.24, 2.45) is 5.73 Å². The van der Waals surface area contributed by atoms with E-state index in [0.717, 1.165) is 13.8 Å². The van der Waals surface area contributed by atoms with Crippen molar-refractivity contribution in [3.8, 4) is 0 Å². The molecule has 0 bridgehead atoms. The van der Waals surface area contributed by atoms with Crippen LogP contribution in [0.4, 0.5) is 0 Å².